The predicted octanol–water partition coefficient (Wildman–Crippen LogP) is 2.56. The number of Topliss-reactive ketones (excluding diaryl/α,β-unsaturated/α-hetero) is 1. The molecule has 0 bridgehead atoms. The SMILES string of the molecule is CCC(=O)c1c2c(c(C)[nH]c1=O)CC(c1ccncc1)CC2.[Mg]. The topological polar surface area (TPSA) is 62.8 Å². The first-order valence-electron chi connectivity index (χ1n) is 7.79. The Kier molecular flexibility index (Phi) is 5.76. The zero-order valence-corrected chi connectivity index (χ0v) is 15.1. The average molecular weight is 321 g/mol. The van der Waals surface area contributed by atoms with Gasteiger partial charge in [0.1, 0.15) is 0 Å². The van der Waals surface area contributed by atoms with Crippen molar-refractivity contribution in [3.63, 3.8) is 0 Å². The van der Waals surface area contributed by atoms with E-state index in [-0.39, 0.29) is 34.4 Å². The molecule has 4 nitrogen and oxygen atoms in total. The summed E-state index contributed by atoms with van der Waals surface area (Å²) < 4.78 is 0. The first-order valence-corrected chi connectivity index (χ1v) is 7.79. The minimum atomic E-state index is -0.231. The van der Waals surface area contributed by atoms with Crippen LogP contribution in [0.5, 0.6) is 0 Å². The molecule has 2 aromatic heterocycles. The van der Waals surface area contributed by atoms with Crippen molar-refractivity contribution < 1.29 is 4.79 Å². The number of hydrogen-bond acceptors (Lipinski definition) is 3. The minimum absolute atomic E-state index is 0. The Morgan fingerprint density at radius 2 is 2.00 bits per heavy atom. The van der Waals surface area contributed by atoms with Crippen LogP contribution in [0.15, 0.2) is 29.3 Å². The van der Waals surface area contributed by atoms with E-state index in [0.29, 0.717) is 17.9 Å². The molecule has 1 aliphatic carbocycles. The number of aromatic nitrogens is 2. The Hall–Kier alpha value is -1.46. The van der Waals surface area contributed by atoms with Gasteiger partial charge in [-0.15, -0.1) is 0 Å². The second kappa shape index (κ2) is 7.40. The number of hydrogen-bond donors (Lipinski definition) is 1. The van der Waals surface area contributed by atoms with Gasteiger partial charge in [-0.1, -0.05) is 6.92 Å². The van der Waals surface area contributed by atoms with Crippen molar-refractivity contribution in [3.8, 4) is 0 Å². The van der Waals surface area contributed by atoms with Crippen LogP contribution in [-0.2, 0) is 12.8 Å². The minimum Gasteiger partial charge on any atom is -0.326 e. The third kappa shape index (κ3) is 3.40. The van der Waals surface area contributed by atoms with Crippen LogP contribution in [0.1, 0.15) is 58.4 Å². The Bertz CT molecular complexity index is 769. The van der Waals surface area contributed by atoms with Crippen LogP contribution in [-0.4, -0.2) is 38.8 Å². The van der Waals surface area contributed by atoms with Crippen molar-refractivity contribution in [3.05, 3.63) is 62.8 Å². The molecule has 5 heteroatoms. The molecule has 23 heavy (non-hydrogen) atoms. The fourth-order valence-electron chi connectivity index (χ4n) is 3.43. The molecule has 0 aromatic carbocycles. The molecule has 2 heterocycles. The van der Waals surface area contributed by atoms with Crippen LogP contribution >= 0.6 is 0 Å². The van der Waals surface area contributed by atoms with Crippen molar-refractivity contribution in [2.45, 2.75) is 45.4 Å². The molecule has 1 N–H and O–H groups in total. The number of H-pyrrole nitrogens is 1. The summed E-state index contributed by atoms with van der Waals surface area (Å²) in [6, 6.07) is 4.10. The molecule has 0 saturated heterocycles. The molecular weight excluding hydrogens is 301 g/mol. The van der Waals surface area contributed by atoms with Crippen molar-refractivity contribution in [2.75, 3.05) is 0 Å². The van der Waals surface area contributed by atoms with E-state index in [4.69, 9.17) is 0 Å². The standard InChI is InChI=1S/C18H20N2O2.Mg/c1-3-16(21)17-14-5-4-13(12-6-8-19-9-7-12)10-15(14)11(2)20-18(17)22;/h6-9,13H,3-5,10H2,1-2H3,(H,20,22);. The zero-order chi connectivity index (χ0) is 15.7. The molecule has 3 rings (SSSR count). The summed E-state index contributed by atoms with van der Waals surface area (Å²) in [5, 5.41) is 0. The van der Waals surface area contributed by atoms with Gasteiger partial charge in [0.15, 0.2) is 5.78 Å². The van der Waals surface area contributed by atoms with Gasteiger partial charge in [0.25, 0.3) is 5.56 Å². The van der Waals surface area contributed by atoms with Crippen molar-refractivity contribution in [2.24, 2.45) is 0 Å². The molecule has 1 atom stereocenters. The number of nitrogens with one attached hydrogen (secondary N) is 1. The molecule has 0 saturated carbocycles. The highest BCUT2D eigenvalue weighted by molar-refractivity contribution is 5.97. The van der Waals surface area contributed by atoms with Crippen LogP contribution in [0.25, 0.3) is 0 Å². The maximum atomic E-state index is 12.2. The molecule has 0 fully saturated rings. The van der Waals surface area contributed by atoms with E-state index in [1.54, 1.807) is 6.92 Å². The number of ketones is 1. The number of aromatic amines is 1. The predicted molar refractivity (Wildman–Crippen MR) is 91.2 cm³/mol. The number of nitrogens with zero attached hydrogens (tertiary/aromatic N) is 1. The Morgan fingerprint density at radius 3 is 2.65 bits per heavy atom. The van der Waals surface area contributed by atoms with Gasteiger partial charge in [-0.25, -0.2) is 0 Å². The van der Waals surface area contributed by atoms with E-state index in [1.165, 1.54) is 5.56 Å². The number of carbonyl (C=O) groups excluding carboxylic acids is 1. The second-order valence-corrected chi connectivity index (χ2v) is 5.91. The molecule has 1 aliphatic rings. The summed E-state index contributed by atoms with van der Waals surface area (Å²) in [4.78, 5) is 31.3. The van der Waals surface area contributed by atoms with Crippen LogP contribution < -0.4 is 5.56 Å². The molecule has 1 unspecified atom stereocenters. The van der Waals surface area contributed by atoms with Crippen LogP contribution in [0.3, 0.4) is 0 Å². The van der Waals surface area contributed by atoms with Crippen LogP contribution in [0.2, 0.25) is 0 Å². The van der Waals surface area contributed by atoms with Gasteiger partial charge in [0, 0.05) is 47.6 Å². The molecule has 2 radical (unpaired) electrons. The summed E-state index contributed by atoms with van der Waals surface area (Å²) in [5.41, 5.74) is 4.44. The number of aryl methyl sites for hydroxylation is 1. The number of rotatable bonds is 3. The molecule has 116 valence electrons. The molecule has 0 aliphatic heterocycles. The Morgan fingerprint density at radius 1 is 1.30 bits per heavy atom. The number of pyridine rings is 2. The maximum Gasteiger partial charge on any atom is 0.259 e. The van der Waals surface area contributed by atoms with Crippen LogP contribution in [0, 0.1) is 6.92 Å². The lowest BCUT2D eigenvalue weighted by Gasteiger charge is -2.27. The monoisotopic (exact) mass is 320 g/mol. The molecule has 2 aromatic rings. The first kappa shape index (κ1) is 17.9. The molecular formula is C18H20MgN2O2. The second-order valence-electron chi connectivity index (χ2n) is 5.91. The highest BCUT2D eigenvalue weighted by Crippen LogP contribution is 2.34. The third-order valence-electron chi connectivity index (χ3n) is 4.62. The van der Waals surface area contributed by atoms with E-state index in [1.807, 2.05) is 19.3 Å². The number of carbonyl (C=O) groups is 1. The van der Waals surface area contributed by atoms with Gasteiger partial charge in [-0.3, -0.25) is 14.6 Å². The third-order valence-corrected chi connectivity index (χ3v) is 4.62. The largest absolute Gasteiger partial charge is 0.326 e. The van der Waals surface area contributed by atoms with Crippen molar-refractivity contribution in [1.82, 2.24) is 9.97 Å². The van der Waals surface area contributed by atoms with Crippen LogP contribution in [0.4, 0.5) is 0 Å². The Labute approximate surface area is 151 Å². The van der Waals surface area contributed by atoms with E-state index in [0.717, 1.165) is 36.1 Å². The quantitative estimate of drug-likeness (QED) is 0.698. The van der Waals surface area contributed by atoms with Gasteiger partial charge in [0.05, 0.1) is 5.56 Å². The highest BCUT2D eigenvalue weighted by Gasteiger charge is 2.27. The maximum absolute atomic E-state index is 12.2. The fourth-order valence-corrected chi connectivity index (χ4v) is 3.43. The van der Waals surface area contributed by atoms with Gasteiger partial charge < -0.3 is 4.98 Å². The summed E-state index contributed by atoms with van der Waals surface area (Å²) in [6.45, 7) is 3.73. The van der Waals surface area contributed by atoms with Gasteiger partial charge in [0.2, 0.25) is 0 Å². The van der Waals surface area contributed by atoms with Gasteiger partial charge in [-0.05, 0) is 60.9 Å². The van der Waals surface area contributed by atoms with E-state index in [2.05, 4.69) is 22.1 Å². The fraction of sp³-hybridized carbons (Fsp3) is 0.389. The smallest absolute Gasteiger partial charge is 0.259 e. The summed E-state index contributed by atoms with van der Waals surface area (Å²) >= 11 is 0. The summed E-state index contributed by atoms with van der Waals surface area (Å²) in [6.07, 6.45) is 6.61. The zero-order valence-electron chi connectivity index (χ0n) is 13.7. The highest BCUT2D eigenvalue weighted by atomic mass is 24.3. The van der Waals surface area contributed by atoms with Gasteiger partial charge >= 0.3 is 0 Å². The Balaban J connectivity index is 0.00000192. The van der Waals surface area contributed by atoms with E-state index < -0.39 is 0 Å². The lowest BCUT2D eigenvalue weighted by molar-refractivity contribution is 0.0985. The normalized spacial score (nSPS) is 16.3. The lowest BCUT2D eigenvalue weighted by atomic mass is 9.78. The van der Waals surface area contributed by atoms with Crippen molar-refractivity contribution >= 4 is 28.8 Å². The van der Waals surface area contributed by atoms with E-state index in [9.17, 15) is 9.59 Å². The van der Waals surface area contributed by atoms with E-state index >= 15 is 0 Å². The molecule has 0 amide bonds. The molecule has 0 spiro atoms. The van der Waals surface area contributed by atoms with Crippen molar-refractivity contribution in [1.29, 1.82) is 0 Å². The lowest BCUT2D eigenvalue weighted by Crippen LogP contribution is -2.27. The van der Waals surface area contributed by atoms with Gasteiger partial charge in [-0.2, -0.15) is 0 Å². The average Bonchev–Trinajstić information content (AvgIpc) is 2.55. The summed E-state index contributed by atoms with van der Waals surface area (Å²) in [7, 11) is 0. The summed E-state index contributed by atoms with van der Waals surface area (Å²) in [5.74, 6) is 0.365. The number of fused-ring (bicyclic) bond motifs is 1. The first-order chi connectivity index (χ1) is 10.6.